The zero-order valence-corrected chi connectivity index (χ0v) is 8.09. The third-order valence-electron chi connectivity index (χ3n) is 1.53. The van der Waals surface area contributed by atoms with Crippen LogP contribution in [0, 0.1) is 6.92 Å². The molecular weight excluding hydrogens is 166 g/mol. The van der Waals surface area contributed by atoms with Crippen molar-refractivity contribution in [2.75, 3.05) is 5.75 Å². The molecule has 0 saturated carbocycles. The summed E-state index contributed by atoms with van der Waals surface area (Å²) >= 11 is 4.12. The lowest BCUT2D eigenvalue weighted by atomic mass is 10.2. The number of rotatable bonds is 3. The molecule has 0 fully saturated rings. The summed E-state index contributed by atoms with van der Waals surface area (Å²) in [5.41, 5.74) is 2.27. The minimum atomic E-state index is 0.903. The number of allylic oxidation sites excluding steroid dienone is 1. The average molecular weight is 179 g/mol. The van der Waals surface area contributed by atoms with Gasteiger partial charge in [-0.25, -0.2) is 0 Å². The van der Waals surface area contributed by atoms with Crippen molar-refractivity contribution >= 4 is 18.7 Å². The lowest BCUT2D eigenvalue weighted by Crippen LogP contribution is -1.80. The Balaban J connectivity index is 2.63. The summed E-state index contributed by atoms with van der Waals surface area (Å²) in [7, 11) is 0. The van der Waals surface area contributed by atoms with Gasteiger partial charge in [-0.05, 0) is 36.8 Å². The van der Waals surface area contributed by atoms with E-state index in [9.17, 15) is 0 Å². The Kier molecular flexibility index (Phi) is 3.88. The van der Waals surface area contributed by atoms with E-state index in [2.05, 4.69) is 35.8 Å². The molecule has 0 atom stereocenters. The number of hydrogen-bond acceptors (Lipinski definition) is 2. The lowest BCUT2D eigenvalue weighted by molar-refractivity contribution is 1.19. The normalized spacial score (nSPS) is 10.8. The first kappa shape index (κ1) is 9.33. The molecule has 0 aliphatic carbocycles. The average Bonchev–Trinajstić information content (AvgIpc) is 2.05. The van der Waals surface area contributed by atoms with Crippen LogP contribution in [-0.4, -0.2) is 10.7 Å². The molecule has 12 heavy (non-hydrogen) atoms. The maximum atomic E-state index is 4.12. The van der Waals surface area contributed by atoms with Crippen LogP contribution in [0.1, 0.15) is 17.7 Å². The summed E-state index contributed by atoms with van der Waals surface area (Å²) < 4.78 is 0. The van der Waals surface area contributed by atoms with Crippen molar-refractivity contribution in [3.8, 4) is 0 Å². The molecule has 0 aromatic carbocycles. The van der Waals surface area contributed by atoms with Crippen LogP contribution in [0.3, 0.4) is 0 Å². The number of thiol groups is 1. The molecule has 0 saturated heterocycles. The highest BCUT2D eigenvalue weighted by molar-refractivity contribution is 7.80. The quantitative estimate of drug-likeness (QED) is 0.704. The molecule has 0 aliphatic rings. The van der Waals surface area contributed by atoms with Gasteiger partial charge in [0.25, 0.3) is 0 Å². The Morgan fingerprint density at radius 3 is 3.08 bits per heavy atom. The van der Waals surface area contributed by atoms with E-state index in [1.165, 1.54) is 5.56 Å². The van der Waals surface area contributed by atoms with Crippen LogP contribution < -0.4 is 0 Å². The molecule has 64 valence electrons. The van der Waals surface area contributed by atoms with Crippen molar-refractivity contribution in [2.24, 2.45) is 0 Å². The van der Waals surface area contributed by atoms with E-state index >= 15 is 0 Å². The number of pyridine rings is 1. The van der Waals surface area contributed by atoms with Gasteiger partial charge in [0.1, 0.15) is 0 Å². The second-order valence-corrected chi connectivity index (χ2v) is 3.09. The zero-order chi connectivity index (χ0) is 8.81. The van der Waals surface area contributed by atoms with Gasteiger partial charge in [-0.1, -0.05) is 12.2 Å². The van der Waals surface area contributed by atoms with Crippen LogP contribution in [0.4, 0.5) is 0 Å². The fourth-order valence-corrected chi connectivity index (χ4v) is 1.11. The van der Waals surface area contributed by atoms with Gasteiger partial charge in [-0.15, -0.1) is 0 Å². The molecule has 2 heteroatoms. The largest absolute Gasteiger partial charge is 0.262 e. The number of hydrogen-bond donors (Lipinski definition) is 1. The van der Waals surface area contributed by atoms with Crippen LogP contribution in [0.5, 0.6) is 0 Å². The molecule has 1 aromatic heterocycles. The van der Waals surface area contributed by atoms with Crippen LogP contribution >= 0.6 is 12.6 Å². The third-order valence-corrected chi connectivity index (χ3v) is 1.78. The van der Waals surface area contributed by atoms with E-state index in [1.807, 2.05) is 19.2 Å². The van der Waals surface area contributed by atoms with Crippen molar-refractivity contribution in [3.05, 3.63) is 35.7 Å². The van der Waals surface area contributed by atoms with Crippen LogP contribution in [0.25, 0.3) is 6.08 Å². The highest BCUT2D eigenvalue weighted by Crippen LogP contribution is 2.03. The number of aromatic nitrogens is 1. The van der Waals surface area contributed by atoms with Gasteiger partial charge in [0.05, 0.1) is 0 Å². The fourth-order valence-electron chi connectivity index (χ4n) is 0.965. The highest BCUT2D eigenvalue weighted by atomic mass is 32.1. The van der Waals surface area contributed by atoms with Crippen molar-refractivity contribution < 1.29 is 0 Å². The van der Waals surface area contributed by atoms with E-state index < -0.39 is 0 Å². The molecule has 0 amide bonds. The smallest absolute Gasteiger partial charge is 0.0378 e. The van der Waals surface area contributed by atoms with Crippen molar-refractivity contribution in [3.63, 3.8) is 0 Å². The maximum absolute atomic E-state index is 4.12. The van der Waals surface area contributed by atoms with Crippen molar-refractivity contribution in [1.29, 1.82) is 0 Å². The van der Waals surface area contributed by atoms with E-state index in [0.29, 0.717) is 0 Å². The molecule has 0 aliphatic heterocycles. The molecule has 1 rings (SSSR count). The van der Waals surface area contributed by atoms with E-state index in [1.54, 1.807) is 0 Å². The van der Waals surface area contributed by atoms with Gasteiger partial charge in [-0.3, -0.25) is 4.98 Å². The first-order valence-electron chi connectivity index (χ1n) is 4.03. The Hall–Kier alpha value is -0.760. The summed E-state index contributed by atoms with van der Waals surface area (Å²) in [6.45, 7) is 2.00. The fraction of sp³-hybridized carbons (Fsp3) is 0.300. The molecule has 0 bridgehead atoms. The van der Waals surface area contributed by atoms with Gasteiger partial charge in [0.15, 0.2) is 0 Å². The van der Waals surface area contributed by atoms with Crippen LogP contribution in [-0.2, 0) is 0 Å². The van der Waals surface area contributed by atoms with Gasteiger partial charge in [0.2, 0.25) is 0 Å². The molecule has 0 N–H and O–H groups in total. The van der Waals surface area contributed by atoms with Crippen molar-refractivity contribution in [2.45, 2.75) is 13.3 Å². The molecule has 1 aromatic rings. The Labute approximate surface area is 78.9 Å². The Bertz CT molecular complexity index is 268. The van der Waals surface area contributed by atoms with Crippen LogP contribution in [0.15, 0.2) is 24.4 Å². The third kappa shape index (κ3) is 3.09. The van der Waals surface area contributed by atoms with E-state index in [-0.39, 0.29) is 0 Å². The summed E-state index contributed by atoms with van der Waals surface area (Å²) in [5.74, 6) is 0.903. The topological polar surface area (TPSA) is 12.9 Å². The van der Waals surface area contributed by atoms with Gasteiger partial charge in [-0.2, -0.15) is 12.6 Å². The second kappa shape index (κ2) is 4.99. The monoisotopic (exact) mass is 179 g/mol. The Morgan fingerprint density at radius 1 is 1.58 bits per heavy atom. The summed E-state index contributed by atoms with van der Waals surface area (Å²) in [6.07, 6.45) is 7.08. The minimum Gasteiger partial charge on any atom is -0.262 e. The number of nitrogens with zero attached hydrogens (tertiary/aromatic N) is 1. The van der Waals surface area contributed by atoms with E-state index in [4.69, 9.17) is 0 Å². The second-order valence-electron chi connectivity index (χ2n) is 2.65. The predicted molar refractivity (Wildman–Crippen MR) is 56.5 cm³/mol. The maximum Gasteiger partial charge on any atom is 0.0378 e. The first-order valence-corrected chi connectivity index (χ1v) is 4.66. The highest BCUT2D eigenvalue weighted by Gasteiger charge is 1.86. The van der Waals surface area contributed by atoms with Gasteiger partial charge in [0, 0.05) is 11.9 Å². The molecule has 0 spiro atoms. The predicted octanol–water partition coefficient (Wildman–Crippen LogP) is 2.72. The first-order chi connectivity index (χ1) is 5.83. The molecular formula is C10H13NS. The van der Waals surface area contributed by atoms with Gasteiger partial charge < -0.3 is 0 Å². The molecule has 1 heterocycles. The molecule has 0 radical (unpaired) electrons. The van der Waals surface area contributed by atoms with Crippen LogP contribution in [0.2, 0.25) is 0 Å². The number of aryl methyl sites for hydroxylation is 1. The zero-order valence-electron chi connectivity index (χ0n) is 7.20. The standard InChI is InChI=1S/C10H13NS/c1-9-8-10(5-6-11-9)4-2-3-7-12/h2,4-6,8,12H,3,7H2,1H3. The minimum absolute atomic E-state index is 0.903. The SMILES string of the molecule is Cc1cc(C=CCCS)ccn1. The summed E-state index contributed by atoms with van der Waals surface area (Å²) in [4.78, 5) is 4.12. The summed E-state index contributed by atoms with van der Waals surface area (Å²) in [5, 5.41) is 0. The Morgan fingerprint density at radius 2 is 2.42 bits per heavy atom. The van der Waals surface area contributed by atoms with E-state index in [0.717, 1.165) is 17.9 Å². The molecule has 1 nitrogen and oxygen atoms in total. The summed E-state index contributed by atoms with van der Waals surface area (Å²) in [6, 6.07) is 4.07. The lowest BCUT2D eigenvalue weighted by Gasteiger charge is -1.93. The van der Waals surface area contributed by atoms with Crippen molar-refractivity contribution in [1.82, 2.24) is 4.98 Å². The van der Waals surface area contributed by atoms with Gasteiger partial charge >= 0.3 is 0 Å². The molecule has 0 unspecified atom stereocenters.